The molecule has 0 aliphatic heterocycles. The van der Waals surface area contributed by atoms with Crippen LogP contribution in [0.3, 0.4) is 0 Å². The molecule has 142 valence electrons. The van der Waals surface area contributed by atoms with Crippen LogP contribution in [0.2, 0.25) is 0 Å². The fourth-order valence-corrected chi connectivity index (χ4v) is 2.54. The topological polar surface area (TPSA) is 72.8 Å². The molecular weight excluding hydrogens is 344 g/mol. The second-order valence-corrected chi connectivity index (χ2v) is 6.33. The molecule has 0 saturated heterocycles. The van der Waals surface area contributed by atoms with Crippen molar-refractivity contribution in [3.8, 4) is 5.75 Å². The predicted octanol–water partition coefficient (Wildman–Crippen LogP) is 4.96. The van der Waals surface area contributed by atoms with Gasteiger partial charge in [-0.15, -0.1) is 0 Å². The van der Waals surface area contributed by atoms with Crippen molar-refractivity contribution in [3.05, 3.63) is 71.8 Å². The van der Waals surface area contributed by atoms with Gasteiger partial charge in [-0.25, -0.2) is 9.59 Å². The number of carboxylic acids is 1. The first-order valence-corrected chi connectivity index (χ1v) is 8.93. The molecule has 5 nitrogen and oxygen atoms in total. The Morgan fingerprint density at radius 2 is 1.74 bits per heavy atom. The molecule has 0 aliphatic carbocycles. The van der Waals surface area contributed by atoms with Crippen LogP contribution in [0.25, 0.3) is 6.08 Å². The number of aliphatic carboxylic acids is 1. The molecule has 0 heterocycles. The standard InChI is InChI=1S/C22H24O5/c1-17(11-12-18-7-3-2-4-8-18)15-16-26-22(25)27-20-10-6-5-9-19(20)13-14-21(23)24/h2-10,13-14,17H,11-12,15-16H2,1H3,(H,23,24). The Labute approximate surface area is 159 Å². The van der Waals surface area contributed by atoms with Gasteiger partial charge >= 0.3 is 12.1 Å². The molecule has 0 radical (unpaired) electrons. The molecule has 0 aliphatic rings. The van der Waals surface area contributed by atoms with Crippen molar-refractivity contribution in [2.45, 2.75) is 26.2 Å². The molecule has 5 heteroatoms. The van der Waals surface area contributed by atoms with E-state index in [0.29, 0.717) is 11.5 Å². The van der Waals surface area contributed by atoms with Crippen molar-refractivity contribution in [1.29, 1.82) is 0 Å². The highest BCUT2D eigenvalue weighted by molar-refractivity contribution is 5.86. The Morgan fingerprint density at radius 1 is 1.04 bits per heavy atom. The molecule has 2 aromatic rings. The number of ether oxygens (including phenoxy) is 2. The predicted molar refractivity (Wildman–Crippen MR) is 104 cm³/mol. The molecule has 1 N–H and O–H groups in total. The quantitative estimate of drug-likeness (QED) is 0.385. The zero-order chi connectivity index (χ0) is 19.5. The van der Waals surface area contributed by atoms with E-state index < -0.39 is 12.1 Å². The summed E-state index contributed by atoms with van der Waals surface area (Å²) in [6.45, 7) is 2.41. The zero-order valence-electron chi connectivity index (χ0n) is 15.3. The zero-order valence-corrected chi connectivity index (χ0v) is 15.3. The van der Waals surface area contributed by atoms with Crippen LogP contribution in [0.15, 0.2) is 60.7 Å². The van der Waals surface area contributed by atoms with Gasteiger partial charge in [-0.1, -0.05) is 55.5 Å². The van der Waals surface area contributed by atoms with Crippen molar-refractivity contribution in [1.82, 2.24) is 0 Å². The van der Waals surface area contributed by atoms with Crippen molar-refractivity contribution in [3.63, 3.8) is 0 Å². The number of carbonyl (C=O) groups is 2. The maximum Gasteiger partial charge on any atom is 0.513 e. The highest BCUT2D eigenvalue weighted by Gasteiger charge is 2.10. The molecule has 0 fully saturated rings. The van der Waals surface area contributed by atoms with E-state index in [1.54, 1.807) is 24.3 Å². The van der Waals surface area contributed by atoms with Gasteiger partial charge in [-0.3, -0.25) is 0 Å². The van der Waals surface area contributed by atoms with Crippen LogP contribution in [0, 0.1) is 5.92 Å². The monoisotopic (exact) mass is 368 g/mol. The second kappa shape index (κ2) is 10.8. The maximum atomic E-state index is 11.9. The highest BCUT2D eigenvalue weighted by Crippen LogP contribution is 2.20. The smallest absolute Gasteiger partial charge is 0.478 e. The summed E-state index contributed by atoms with van der Waals surface area (Å²) in [6, 6.07) is 17.0. The van der Waals surface area contributed by atoms with Gasteiger partial charge in [0.25, 0.3) is 0 Å². The maximum absolute atomic E-state index is 11.9. The van der Waals surface area contributed by atoms with Crippen molar-refractivity contribution >= 4 is 18.2 Å². The SMILES string of the molecule is CC(CCOC(=O)Oc1ccccc1C=CC(=O)O)CCc1ccccc1. The Morgan fingerprint density at radius 3 is 2.48 bits per heavy atom. The third-order valence-electron chi connectivity index (χ3n) is 4.12. The summed E-state index contributed by atoms with van der Waals surface area (Å²) >= 11 is 0. The van der Waals surface area contributed by atoms with Gasteiger partial charge in [0.2, 0.25) is 0 Å². The van der Waals surface area contributed by atoms with Crippen LogP contribution in [0.4, 0.5) is 4.79 Å². The lowest BCUT2D eigenvalue weighted by Crippen LogP contribution is -2.13. The average molecular weight is 368 g/mol. The van der Waals surface area contributed by atoms with Gasteiger partial charge in [0.05, 0.1) is 6.61 Å². The largest absolute Gasteiger partial charge is 0.513 e. The van der Waals surface area contributed by atoms with E-state index in [2.05, 4.69) is 19.1 Å². The van der Waals surface area contributed by atoms with Crippen LogP contribution in [0.5, 0.6) is 5.75 Å². The van der Waals surface area contributed by atoms with Crippen LogP contribution in [-0.4, -0.2) is 23.8 Å². The van der Waals surface area contributed by atoms with Crippen molar-refractivity contribution in [2.75, 3.05) is 6.61 Å². The number of hydrogen-bond acceptors (Lipinski definition) is 4. The van der Waals surface area contributed by atoms with Crippen LogP contribution < -0.4 is 4.74 Å². The highest BCUT2D eigenvalue weighted by atomic mass is 16.7. The lowest BCUT2D eigenvalue weighted by Gasteiger charge is -2.12. The number of rotatable bonds is 9. The molecule has 27 heavy (non-hydrogen) atoms. The number of benzene rings is 2. The molecule has 0 spiro atoms. The normalized spacial score (nSPS) is 11.9. The third-order valence-corrected chi connectivity index (χ3v) is 4.12. The molecule has 1 unspecified atom stereocenters. The summed E-state index contributed by atoms with van der Waals surface area (Å²) in [5, 5.41) is 8.71. The molecule has 0 aromatic heterocycles. The minimum absolute atomic E-state index is 0.261. The van der Waals surface area contributed by atoms with E-state index in [9.17, 15) is 9.59 Å². The molecule has 2 aromatic carbocycles. The fourth-order valence-electron chi connectivity index (χ4n) is 2.54. The van der Waals surface area contributed by atoms with Gasteiger partial charge in [0.15, 0.2) is 0 Å². The van der Waals surface area contributed by atoms with Crippen molar-refractivity contribution in [2.24, 2.45) is 5.92 Å². The van der Waals surface area contributed by atoms with Crippen LogP contribution in [-0.2, 0) is 16.0 Å². The molecular formula is C22H24O5. The Hall–Kier alpha value is -3.08. The first-order chi connectivity index (χ1) is 13.0. The van der Waals surface area contributed by atoms with Gasteiger partial charge in [-0.05, 0) is 42.9 Å². The Balaban J connectivity index is 1.74. The number of carbonyl (C=O) groups excluding carboxylic acids is 1. The van der Waals surface area contributed by atoms with E-state index in [0.717, 1.165) is 25.3 Å². The molecule has 1 atom stereocenters. The fraction of sp³-hybridized carbons (Fsp3) is 0.273. The number of hydrogen-bond donors (Lipinski definition) is 1. The van der Waals surface area contributed by atoms with Gasteiger partial charge in [0.1, 0.15) is 5.75 Å². The summed E-state index contributed by atoms with van der Waals surface area (Å²) in [6.07, 6.45) is 4.34. The Kier molecular flexibility index (Phi) is 8.10. The van der Waals surface area contributed by atoms with Crippen LogP contribution >= 0.6 is 0 Å². The first-order valence-electron chi connectivity index (χ1n) is 8.93. The minimum Gasteiger partial charge on any atom is -0.478 e. The second-order valence-electron chi connectivity index (χ2n) is 6.33. The number of carboxylic acid groups (broad SMARTS) is 1. The van der Waals surface area contributed by atoms with Gasteiger partial charge < -0.3 is 14.6 Å². The summed E-state index contributed by atoms with van der Waals surface area (Å²) in [5.74, 6) is -0.391. The summed E-state index contributed by atoms with van der Waals surface area (Å²) in [5.41, 5.74) is 1.80. The number of aryl methyl sites for hydroxylation is 1. The molecule has 0 amide bonds. The number of para-hydroxylation sites is 1. The van der Waals surface area contributed by atoms with Gasteiger partial charge in [-0.2, -0.15) is 0 Å². The summed E-state index contributed by atoms with van der Waals surface area (Å²) < 4.78 is 10.3. The van der Waals surface area contributed by atoms with E-state index >= 15 is 0 Å². The summed E-state index contributed by atoms with van der Waals surface area (Å²) in [7, 11) is 0. The van der Waals surface area contributed by atoms with Crippen molar-refractivity contribution < 1.29 is 24.2 Å². The first kappa shape index (κ1) is 20.2. The van der Waals surface area contributed by atoms with E-state index in [4.69, 9.17) is 14.6 Å². The third kappa shape index (κ3) is 7.77. The lowest BCUT2D eigenvalue weighted by atomic mass is 9.99. The molecule has 0 bridgehead atoms. The Bertz CT molecular complexity index is 767. The summed E-state index contributed by atoms with van der Waals surface area (Å²) in [4.78, 5) is 22.5. The minimum atomic E-state index is -1.07. The lowest BCUT2D eigenvalue weighted by molar-refractivity contribution is -0.131. The van der Waals surface area contributed by atoms with E-state index in [1.165, 1.54) is 11.6 Å². The van der Waals surface area contributed by atoms with Crippen LogP contribution in [0.1, 0.15) is 30.9 Å². The molecule has 0 saturated carbocycles. The average Bonchev–Trinajstić information content (AvgIpc) is 2.66. The van der Waals surface area contributed by atoms with Gasteiger partial charge in [0, 0.05) is 11.6 Å². The van der Waals surface area contributed by atoms with E-state index in [-0.39, 0.29) is 12.4 Å². The molecule has 2 rings (SSSR count). The van der Waals surface area contributed by atoms with E-state index in [1.807, 2.05) is 18.2 Å².